The molecule has 4 rings (SSSR count). The second kappa shape index (κ2) is 5.16. The number of fused-ring (bicyclic) bond motifs is 2. The van der Waals surface area contributed by atoms with Crippen LogP contribution in [0.25, 0.3) is 5.82 Å². The normalized spacial score (nSPS) is 25.8. The Morgan fingerprint density at radius 3 is 2.82 bits per heavy atom. The zero-order chi connectivity index (χ0) is 15.1. The number of allylic oxidation sites excluding steroid dienone is 2. The maximum Gasteiger partial charge on any atom is 0.256 e. The molecule has 2 aliphatic carbocycles. The molecule has 0 saturated heterocycles. The van der Waals surface area contributed by atoms with Crippen molar-refractivity contribution >= 4 is 5.91 Å². The van der Waals surface area contributed by atoms with Crippen molar-refractivity contribution in [2.24, 2.45) is 24.8 Å². The molecule has 1 fully saturated rings. The highest BCUT2D eigenvalue weighted by atomic mass is 16.1. The molecule has 0 unspecified atom stereocenters. The molecular weight excluding hydrogens is 276 g/mol. The summed E-state index contributed by atoms with van der Waals surface area (Å²) in [6.45, 7) is 0.754. The van der Waals surface area contributed by atoms with E-state index in [1.54, 1.807) is 10.9 Å². The number of hydrogen-bond donors (Lipinski definition) is 1. The second-order valence-corrected chi connectivity index (χ2v) is 6.35. The van der Waals surface area contributed by atoms with Crippen molar-refractivity contribution in [1.29, 1.82) is 0 Å². The average molecular weight is 296 g/mol. The van der Waals surface area contributed by atoms with Crippen LogP contribution in [0.2, 0.25) is 0 Å². The fraction of sp³-hybridized carbons (Fsp3) is 0.412. The molecule has 1 amide bonds. The molecule has 1 N–H and O–H groups in total. The van der Waals surface area contributed by atoms with E-state index >= 15 is 0 Å². The number of carbonyl (C=O) groups is 1. The molecule has 2 aromatic heterocycles. The third-order valence-corrected chi connectivity index (χ3v) is 4.94. The monoisotopic (exact) mass is 296 g/mol. The van der Waals surface area contributed by atoms with Crippen molar-refractivity contribution in [3.63, 3.8) is 0 Å². The van der Waals surface area contributed by atoms with Gasteiger partial charge in [-0.2, -0.15) is 5.10 Å². The first-order valence-corrected chi connectivity index (χ1v) is 7.84. The van der Waals surface area contributed by atoms with Gasteiger partial charge in [0.1, 0.15) is 11.4 Å². The number of rotatable bonds is 4. The van der Waals surface area contributed by atoms with Crippen LogP contribution in [0.3, 0.4) is 0 Å². The van der Waals surface area contributed by atoms with E-state index in [0.717, 1.165) is 18.3 Å². The molecule has 0 aliphatic heterocycles. The quantitative estimate of drug-likeness (QED) is 0.879. The van der Waals surface area contributed by atoms with Crippen LogP contribution in [0.1, 0.15) is 23.2 Å². The van der Waals surface area contributed by atoms with Crippen LogP contribution in [0, 0.1) is 17.8 Å². The van der Waals surface area contributed by atoms with Crippen molar-refractivity contribution in [1.82, 2.24) is 19.7 Å². The Morgan fingerprint density at radius 1 is 1.32 bits per heavy atom. The smallest absolute Gasteiger partial charge is 0.256 e. The van der Waals surface area contributed by atoms with Gasteiger partial charge in [0.15, 0.2) is 0 Å². The zero-order valence-electron chi connectivity index (χ0n) is 12.6. The van der Waals surface area contributed by atoms with Gasteiger partial charge in [-0.15, -0.1) is 0 Å². The number of aryl methyl sites for hydroxylation is 1. The van der Waals surface area contributed by atoms with Gasteiger partial charge in [-0.3, -0.25) is 9.48 Å². The van der Waals surface area contributed by atoms with Gasteiger partial charge in [0.05, 0.1) is 6.20 Å². The molecular formula is C17H20N4O. The number of amides is 1. The van der Waals surface area contributed by atoms with Crippen molar-refractivity contribution in [3.8, 4) is 5.82 Å². The number of nitrogens with zero attached hydrogens (tertiary/aromatic N) is 3. The van der Waals surface area contributed by atoms with E-state index in [2.05, 4.69) is 22.6 Å². The third-order valence-electron chi connectivity index (χ3n) is 4.94. The second-order valence-electron chi connectivity index (χ2n) is 6.35. The first-order chi connectivity index (χ1) is 10.7. The van der Waals surface area contributed by atoms with Gasteiger partial charge in [-0.1, -0.05) is 12.2 Å². The first kappa shape index (κ1) is 13.4. The highest BCUT2D eigenvalue weighted by Crippen LogP contribution is 2.42. The van der Waals surface area contributed by atoms with Crippen LogP contribution >= 0.6 is 0 Å². The predicted octanol–water partition coefficient (Wildman–Crippen LogP) is 2.15. The highest BCUT2D eigenvalue weighted by molar-refractivity contribution is 5.97. The topological polar surface area (TPSA) is 51.9 Å². The van der Waals surface area contributed by atoms with Gasteiger partial charge >= 0.3 is 0 Å². The SMILES string of the molecule is Cn1ncc(C(=O)NC[C@@H]2C[C@H]3C=C[C@H]2C3)c1-n1cccc1. The molecule has 0 radical (unpaired) electrons. The van der Waals surface area contributed by atoms with Crippen molar-refractivity contribution < 1.29 is 4.79 Å². The number of hydrogen-bond acceptors (Lipinski definition) is 2. The Labute approximate surface area is 129 Å². The minimum Gasteiger partial charge on any atom is -0.352 e. The molecule has 1 saturated carbocycles. The molecule has 3 atom stereocenters. The Balaban J connectivity index is 1.48. The van der Waals surface area contributed by atoms with Crippen LogP contribution in [0.4, 0.5) is 0 Å². The van der Waals surface area contributed by atoms with E-state index in [4.69, 9.17) is 0 Å². The van der Waals surface area contributed by atoms with E-state index < -0.39 is 0 Å². The Morgan fingerprint density at radius 2 is 2.14 bits per heavy atom. The van der Waals surface area contributed by atoms with Gasteiger partial charge in [0, 0.05) is 26.0 Å². The zero-order valence-corrected chi connectivity index (χ0v) is 12.6. The third kappa shape index (κ3) is 2.17. The van der Waals surface area contributed by atoms with Crippen LogP contribution in [-0.4, -0.2) is 26.8 Å². The first-order valence-electron chi connectivity index (χ1n) is 7.84. The van der Waals surface area contributed by atoms with Gasteiger partial charge in [-0.05, 0) is 42.7 Å². The van der Waals surface area contributed by atoms with E-state index in [1.807, 2.05) is 36.1 Å². The van der Waals surface area contributed by atoms with Crippen molar-refractivity contribution in [3.05, 3.63) is 48.4 Å². The fourth-order valence-corrected chi connectivity index (χ4v) is 3.82. The molecule has 2 heterocycles. The summed E-state index contributed by atoms with van der Waals surface area (Å²) in [4.78, 5) is 12.5. The molecule has 0 spiro atoms. The van der Waals surface area contributed by atoms with Gasteiger partial charge < -0.3 is 9.88 Å². The largest absolute Gasteiger partial charge is 0.352 e. The summed E-state index contributed by atoms with van der Waals surface area (Å²) in [5.74, 6) is 2.74. The number of nitrogens with one attached hydrogen (secondary N) is 1. The van der Waals surface area contributed by atoms with E-state index in [-0.39, 0.29) is 5.91 Å². The van der Waals surface area contributed by atoms with Crippen LogP contribution in [0.15, 0.2) is 42.9 Å². The summed E-state index contributed by atoms with van der Waals surface area (Å²) < 4.78 is 3.65. The molecule has 2 aliphatic rings. The Hall–Kier alpha value is -2.30. The number of carbonyl (C=O) groups excluding carboxylic acids is 1. The van der Waals surface area contributed by atoms with E-state index in [1.165, 1.54) is 12.8 Å². The highest BCUT2D eigenvalue weighted by Gasteiger charge is 2.35. The average Bonchev–Trinajstić information content (AvgIpc) is 3.27. The van der Waals surface area contributed by atoms with Gasteiger partial charge in [0.2, 0.25) is 0 Å². The maximum atomic E-state index is 12.5. The fourth-order valence-electron chi connectivity index (χ4n) is 3.82. The summed E-state index contributed by atoms with van der Waals surface area (Å²) in [6, 6.07) is 3.88. The van der Waals surface area contributed by atoms with Crippen molar-refractivity contribution in [2.75, 3.05) is 6.54 Å². The predicted molar refractivity (Wildman–Crippen MR) is 83.7 cm³/mol. The lowest BCUT2D eigenvalue weighted by atomic mass is 9.93. The molecule has 2 aromatic rings. The van der Waals surface area contributed by atoms with Crippen LogP contribution in [-0.2, 0) is 7.05 Å². The van der Waals surface area contributed by atoms with Gasteiger partial charge in [-0.25, -0.2) is 0 Å². The lowest BCUT2D eigenvalue weighted by Crippen LogP contribution is -2.31. The summed E-state index contributed by atoms with van der Waals surface area (Å²) in [7, 11) is 1.85. The molecule has 22 heavy (non-hydrogen) atoms. The molecule has 5 nitrogen and oxygen atoms in total. The standard InChI is InChI=1S/C17H20N4O/c1-20-17(21-6-2-3-7-21)15(11-19-20)16(22)18-10-14-9-12-4-5-13(14)8-12/h2-7,11-14H,8-10H2,1H3,(H,18,22)/t12-,13-,14-/m0/s1. The molecule has 2 bridgehead atoms. The molecule has 0 aromatic carbocycles. The lowest BCUT2D eigenvalue weighted by molar-refractivity contribution is 0.0945. The van der Waals surface area contributed by atoms with E-state index in [9.17, 15) is 4.79 Å². The summed E-state index contributed by atoms with van der Waals surface area (Å²) in [6.07, 6.45) is 12.6. The Bertz CT molecular complexity index is 713. The summed E-state index contributed by atoms with van der Waals surface area (Å²) in [5, 5.41) is 7.34. The Kier molecular flexibility index (Phi) is 3.13. The van der Waals surface area contributed by atoms with Crippen LogP contribution < -0.4 is 5.32 Å². The van der Waals surface area contributed by atoms with Crippen molar-refractivity contribution in [2.45, 2.75) is 12.8 Å². The molecule has 114 valence electrons. The number of aromatic nitrogens is 3. The minimum atomic E-state index is -0.0384. The summed E-state index contributed by atoms with van der Waals surface area (Å²) in [5.41, 5.74) is 0.623. The lowest BCUT2D eigenvalue weighted by Gasteiger charge is -2.18. The van der Waals surface area contributed by atoms with Gasteiger partial charge in [0.25, 0.3) is 5.91 Å². The van der Waals surface area contributed by atoms with Crippen LogP contribution in [0.5, 0.6) is 0 Å². The van der Waals surface area contributed by atoms with E-state index in [0.29, 0.717) is 17.4 Å². The maximum absolute atomic E-state index is 12.5. The molecule has 5 heteroatoms. The summed E-state index contributed by atoms with van der Waals surface area (Å²) >= 11 is 0. The minimum absolute atomic E-state index is 0.0384.